The summed E-state index contributed by atoms with van der Waals surface area (Å²) in [6.45, 7) is 2.24. The van der Waals surface area contributed by atoms with Crippen LogP contribution in [-0.4, -0.2) is 10.2 Å². The van der Waals surface area contributed by atoms with E-state index < -0.39 is 0 Å². The van der Waals surface area contributed by atoms with E-state index in [0.717, 1.165) is 12.2 Å². The minimum Gasteiger partial charge on any atom is -0.275 e. The van der Waals surface area contributed by atoms with E-state index in [1.165, 1.54) is 56.7 Å². The molecule has 1 nitrogen and oxygen atoms in total. The highest BCUT2D eigenvalue weighted by Gasteiger charge is 1.95. The highest BCUT2D eigenvalue weighted by atomic mass is 32.2. The Bertz CT molecular complexity index is 137. The number of thioether (sulfide) groups is 1. The maximum absolute atomic E-state index is 10.5. The van der Waals surface area contributed by atoms with Gasteiger partial charge in [0.2, 0.25) is 4.45 Å². The molecule has 0 amide bonds. The monoisotopic (exact) mass is 234 g/mol. The number of thiol groups is 1. The zero-order valence-electron chi connectivity index (χ0n) is 9.13. The summed E-state index contributed by atoms with van der Waals surface area (Å²) < 4.78 is -0.0482. The van der Waals surface area contributed by atoms with Crippen molar-refractivity contribution in [2.24, 2.45) is 0 Å². The fraction of sp³-hybridized carbons (Fsp3) is 0.909. The predicted molar refractivity (Wildman–Crippen MR) is 69.5 cm³/mol. The second-order valence-corrected chi connectivity index (χ2v) is 5.37. The third kappa shape index (κ3) is 12.4. The number of carbonyl (C=O) groups is 1. The first-order valence-corrected chi connectivity index (χ1v) is 7.06. The highest BCUT2D eigenvalue weighted by molar-refractivity contribution is 8.32. The number of unbranched alkanes of at least 4 members (excludes halogenated alkanes) is 7. The number of hydrogen-bond acceptors (Lipinski definition) is 2. The normalized spacial score (nSPS) is 10.4. The van der Waals surface area contributed by atoms with Crippen LogP contribution in [0.2, 0.25) is 0 Å². The Morgan fingerprint density at radius 1 is 1.00 bits per heavy atom. The third-order valence-corrected chi connectivity index (χ3v) is 3.35. The van der Waals surface area contributed by atoms with Crippen LogP contribution in [0.1, 0.15) is 58.3 Å². The molecule has 0 unspecified atom stereocenters. The fourth-order valence-electron chi connectivity index (χ4n) is 1.40. The molecule has 0 rings (SSSR count). The van der Waals surface area contributed by atoms with Crippen LogP contribution in [0.4, 0.5) is 4.79 Å². The lowest BCUT2D eigenvalue weighted by Crippen LogP contribution is -1.84. The van der Waals surface area contributed by atoms with Crippen molar-refractivity contribution < 1.29 is 4.79 Å². The smallest absolute Gasteiger partial charge is 0.243 e. The molecule has 0 N–H and O–H groups in total. The topological polar surface area (TPSA) is 17.1 Å². The van der Waals surface area contributed by atoms with Crippen molar-refractivity contribution in [3.63, 3.8) is 0 Å². The van der Waals surface area contributed by atoms with Crippen LogP contribution < -0.4 is 0 Å². The lowest BCUT2D eigenvalue weighted by Gasteiger charge is -2.00. The van der Waals surface area contributed by atoms with E-state index >= 15 is 0 Å². The van der Waals surface area contributed by atoms with Crippen LogP contribution in [0.15, 0.2) is 0 Å². The maximum Gasteiger partial charge on any atom is 0.243 e. The van der Waals surface area contributed by atoms with Crippen molar-refractivity contribution in [2.45, 2.75) is 58.3 Å². The van der Waals surface area contributed by atoms with Crippen LogP contribution in [0.25, 0.3) is 0 Å². The molecule has 0 aliphatic rings. The number of hydrogen-bond donors (Lipinski definition) is 1. The van der Waals surface area contributed by atoms with Crippen molar-refractivity contribution in [3.8, 4) is 0 Å². The van der Waals surface area contributed by atoms with Gasteiger partial charge >= 0.3 is 0 Å². The van der Waals surface area contributed by atoms with Gasteiger partial charge < -0.3 is 0 Å². The molecule has 0 radical (unpaired) electrons. The highest BCUT2D eigenvalue weighted by Crippen LogP contribution is 2.13. The van der Waals surface area contributed by atoms with E-state index in [4.69, 9.17) is 0 Å². The van der Waals surface area contributed by atoms with Gasteiger partial charge in [-0.25, -0.2) is 0 Å². The first-order chi connectivity index (χ1) is 6.77. The summed E-state index contributed by atoms with van der Waals surface area (Å²) in [5.41, 5.74) is 0. The molecule has 0 aromatic heterocycles. The lowest BCUT2D eigenvalue weighted by molar-refractivity contribution is 0.277. The largest absolute Gasteiger partial charge is 0.275 e. The average molecular weight is 234 g/mol. The lowest BCUT2D eigenvalue weighted by atomic mass is 10.1. The second-order valence-electron chi connectivity index (χ2n) is 3.59. The van der Waals surface area contributed by atoms with E-state index in [1.54, 1.807) is 0 Å². The quantitative estimate of drug-likeness (QED) is 0.451. The molecule has 0 saturated heterocycles. The van der Waals surface area contributed by atoms with Gasteiger partial charge in [0.15, 0.2) is 0 Å². The molecule has 0 saturated carbocycles. The zero-order valence-corrected chi connectivity index (χ0v) is 10.8. The van der Waals surface area contributed by atoms with Gasteiger partial charge in [-0.1, -0.05) is 76.3 Å². The number of rotatable bonds is 9. The Balaban J connectivity index is 2.88. The van der Waals surface area contributed by atoms with E-state index in [1.807, 2.05) is 0 Å². The van der Waals surface area contributed by atoms with Crippen molar-refractivity contribution >= 4 is 28.8 Å². The molecule has 0 bridgehead atoms. The Morgan fingerprint density at radius 2 is 1.50 bits per heavy atom. The van der Waals surface area contributed by atoms with Gasteiger partial charge in [0.05, 0.1) is 0 Å². The van der Waals surface area contributed by atoms with Gasteiger partial charge in [-0.15, -0.1) is 0 Å². The van der Waals surface area contributed by atoms with Crippen LogP contribution in [-0.2, 0) is 0 Å². The van der Waals surface area contributed by atoms with Crippen LogP contribution >= 0.6 is 24.4 Å². The molecule has 0 aromatic rings. The fourth-order valence-corrected chi connectivity index (χ4v) is 2.19. The Kier molecular flexibility index (Phi) is 11.7. The molecular formula is C11H22OS2. The van der Waals surface area contributed by atoms with Gasteiger partial charge in [0, 0.05) is 5.75 Å². The Labute approximate surface area is 97.8 Å². The van der Waals surface area contributed by atoms with Gasteiger partial charge in [-0.3, -0.25) is 4.79 Å². The molecule has 0 aliphatic carbocycles. The zero-order chi connectivity index (χ0) is 10.6. The van der Waals surface area contributed by atoms with Crippen LogP contribution in [0, 0.1) is 0 Å². The van der Waals surface area contributed by atoms with E-state index in [0.29, 0.717) is 0 Å². The summed E-state index contributed by atoms with van der Waals surface area (Å²) in [6, 6.07) is 0. The first kappa shape index (κ1) is 14.4. The molecule has 84 valence electrons. The van der Waals surface area contributed by atoms with E-state index in [9.17, 15) is 4.79 Å². The average Bonchev–Trinajstić information content (AvgIpc) is 2.15. The Morgan fingerprint density at radius 3 is 2.00 bits per heavy atom. The van der Waals surface area contributed by atoms with E-state index in [2.05, 4.69) is 19.6 Å². The summed E-state index contributed by atoms with van der Waals surface area (Å²) in [7, 11) is 0. The summed E-state index contributed by atoms with van der Waals surface area (Å²) in [6.07, 6.45) is 10.6. The van der Waals surface area contributed by atoms with Gasteiger partial charge in [0.25, 0.3) is 0 Å². The molecule has 0 aliphatic heterocycles. The molecule has 0 aromatic carbocycles. The molecule has 0 fully saturated rings. The summed E-state index contributed by atoms with van der Waals surface area (Å²) in [5.74, 6) is 0.942. The summed E-state index contributed by atoms with van der Waals surface area (Å²) in [5, 5.41) is 0. The predicted octanol–water partition coefficient (Wildman–Crippen LogP) is 4.91. The molecule has 0 atom stereocenters. The molecular weight excluding hydrogens is 212 g/mol. The first-order valence-electron chi connectivity index (χ1n) is 5.63. The van der Waals surface area contributed by atoms with Crippen LogP contribution in [0.3, 0.4) is 0 Å². The van der Waals surface area contributed by atoms with E-state index in [-0.39, 0.29) is 4.45 Å². The molecule has 0 heterocycles. The summed E-state index contributed by atoms with van der Waals surface area (Å²) in [4.78, 5) is 10.5. The van der Waals surface area contributed by atoms with Gasteiger partial charge in [-0.2, -0.15) is 0 Å². The molecule has 14 heavy (non-hydrogen) atoms. The van der Waals surface area contributed by atoms with Gasteiger partial charge in [0.1, 0.15) is 0 Å². The molecule has 0 spiro atoms. The minimum absolute atomic E-state index is 0.0482. The van der Waals surface area contributed by atoms with Crippen molar-refractivity contribution in [2.75, 3.05) is 5.75 Å². The molecule has 3 heteroatoms. The van der Waals surface area contributed by atoms with Crippen LogP contribution in [0.5, 0.6) is 0 Å². The summed E-state index contributed by atoms with van der Waals surface area (Å²) >= 11 is 5.03. The minimum atomic E-state index is -0.0482. The van der Waals surface area contributed by atoms with Crippen molar-refractivity contribution in [3.05, 3.63) is 0 Å². The SMILES string of the molecule is CCCCCCCCCCSC(=O)S. The standard InChI is InChI=1S/C11H22OS2/c1-2-3-4-5-6-7-8-9-10-14-11(12)13/h2-10H2,1H3,(H,12,13). The van der Waals surface area contributed by atoms with Crippen molar-refractivity contribution in [1.29, 1.82) is 0 Å². The van der Waals surface area contributed by atoms with Gasteiger partial charge in [-0.05, 0) is 6.42 Å². The number of carbonyl (C=O) groups excluding carboxylic acids is 1. The maximum atomic E-state index is 10.5. The van der Waals surface area contributed by atoms with Crippen molar-refractivity contribution in [1.82, 2.24) is 0 Å². The third-order valence-electron chi connectivity index (χ3n) is 2.22. The second kappa shape index (κ2) is 11.4. The Hall–Kier alpha value is 0.370.